The molecule has 0 aliphatic carbocycles. The molecule has 1 atom stereocenters. The van der Waals surface area contributed by atoms with Crippen LogP contribution in [0.2, 0.25) is 0 Å². The van der Waals surface area contributed by atoms with E-state index in [2.05, 4.69) is 0 Å². The van der Waals surface area contributed by atoms with Crippen molar-refractivity contribution < 1.29 is 13.2 Å². The molecule has 0 saturated carbocycles. The summed E-state index contributed by atoms with van der Waals surface area (Å²) in [4.78, 5) is 14.9. The molecule has 2 heterocycles. The van der Waals surface area contributed by atoms with Gasteiger partial charge in [-0.15, -0.1) is 11.3 Å². The average Bonchev–Trinajstić information content (AvgIpc) is 2.90. The Morgan fingerprint density at radius 1 is 1.22 bits per heavy atom. The molecule has 6 heteroatoms. The minimum atomic E-state index is -3.25. The first-order chi connectivity index (χ1) is 11.0. The van der Waals surface area contributed by atoms with Crippen molar-refractivity contribution >= 4 is 27.1 Å². The maximum Gasteiger partial charge on any atom is 0.263 e. The number of carbonyl (C=O) groups is 1. The van der Waals surface area contributed by atoms with Crippen LogP contribution in [0.5, 0.6) is 0 Å². The second-order valence-corrected chi connectivity index (χ2v) is 9.05. The van der Waals surface area contributed by atoms with Gasteiger partial charge in [0.25, 0.3) is 5.91 Å². The van der Waals surface area contributed by atoms with E-state index in [0.717, 1.165) is 11.1 Å². The van der Waals surface area contributed by atoms with Crippen LogP contribution in [-0.4, -0.2) is 38.1 Å². The number of benzene rings is 1. The van der Waals surface area contributed by atoms with Gasteiger partial charge in [-0.05, 0) is 35.9 Å². The maximum atomic E-state index is 12.6. The molecule has 0 spiro atoms. The van der Waals surface area contributed by atoms with Crippen molar-refractivity contribution in [3.05, 3.63) is 57.8 Å². The smallest absolute Gasteiger partial charge is 0.263 e. The van der Waals surface area contributed by atoms with Crippen molar-refractivity contribution in [2.24, 2.45) is 0 Å². The SMILES string of the molecule is Cc1csc(C(=O)N2CCC(c3ccccc3)S(=O)(=O)CC2)c1. The highest BCUT2D eigenvalue weighted by atomic mass is 32.2. The van der Waals surface area contributed by atoms with Gasteiger partial charge in [0, 0.05) is 13.1 Å². The van der Waals surface area contributed by atoms with Crippen LogP contribution in [0.4, 0.5) is 0 Å². The Hall–Kier alpha value is -1.66. The third-order valence-electron chi connectivity index (χ3n) is 4.14. The molecule has 1 aromatic heterocycles. The van der Waals surface area contributed by atoms with E-state index in [1.807, 2.05) is 48.7 Å². The van der Waals surface area contributed by atoms with E-state index < -0.39 is 15.1 Å². The molecule has 1 fully saturated rings. The molecular weight excluding hydrogens is 330 g/mol. The summed E-state index contributed by atoms with van der Waals surface area (Å²) in [5.74, 6) is -0.0464. The number of thiophene rings is 1. The summed E-state index contributed by atoms with van der Waals surface area (Å²) in [6.45, 7) is 2.68. The molecule has 0 bridgehead atoms. The molecule has 0 N–H and O–H groups in total. The molecule has 0 radical (unpaired) electrons. The van der Waals surface area contributed by atoms with Crippen LogP contribution in [0.1, 0.15) is 32.5 Å². The Labute approximate surface area is 140 Å². The predicted molar refractivity (Wildman–Crippen MR) is 92.5 cm³/mol. The summed E-state index contributed by atoms with van der Waals surface area (Å²) in [7, 11) is -3.25. The molecule has 1 aromatic carbocycles. The topological polar surface area (TPSA) is 54.5 Å². The van der Waals surface area contributed by atoms with Gasteiger partial charge in [-0.3, -0.25) is 4.79 Å². The van der Waals surface area contributed by atoms with Crippen molar-refractivity contribution in [1.29, 1.82) is 0 Å². The van der Waals surface area contributed by atoms with E-state index in [4.69, 9.17) is 0 Å². The maximum absolute atomic E-state index is 12.6. The lowest BCUT2D eigenvalue weighted by Crippen LogP contribution is -2.33. The zero-order valence-electron chi connectivity index (χ0n) is 12.9. The fourth-order valence-electron chi connectivity index (χ4n) is 2.89. The van der Waals surface area contributed by atoms with Crippen LogP contribution in [0.25, 0.3) is 0 Å². The second-order valence-electron chi connectivity index (χ2n) is 5.84. The molecule has 3 rings (SSSR count). The molecule has 2 aromatic rings. The van der Waals surface area contributed by atoms with Gasteiger partial charge >= 0.3 is 0 Å². The molecule has 122 valence electrons. The summed E-state index contributed by atoms with van der Waals surface area (Å²) in [6.07, 6.45) is 0.447. The number of aryl methyl sites for hydroxylation is 1. The standard InChI is InChI=1S/C17H19NO3S2/c1-13-11-15(22-12-13)17(19)18-8-7-16(23(20,21)10-9-18)14-5-3-2-4-6-14/h2-6,11-12,16H,7-10H2,1H3. The van der Waals surface area contributed by atoms with Crippen molar-refractivity contribution in [2.75, 3.05) is 18.8 Å². The van der Waals surface area contributed by atoms with E-state index in [1.165, 1.54) is 11.3 Å². The normalized spacial score (nSPS) is 20.9. The first-order valence-corrected chi connectivity index (χ1v) is 10.2. The molecule has 1 amide bonds. The molecule has 23 heavy (non-hydrogen) atoms. The quantitative estimate of drug-likeness (QED) is 0.837. The highest BCUT2D eigenvalue weighted by Gasteiger charge is 2.33. The molecule has 4 nitrogen and oxygen atoms in total. The highest BCUT2D eigenvalue weighted by molar-refractivity contribution is 7.91. The van der Waals surface area contributed by atoms with Gasteiger partial charge in [-0.25, -0.2) is 8.42 Å². The predicted octanol–water partition coefficient (Wildman–Crippen LogP) is 3.06. The third-order valence-corrected chi connectivity index (χ3v) is 7.30. The Balaban J connectivity index is 1.81. The lowest BCUT2D eigenvalue weighted by atomic mass is 10.1. The Bertz CT molecular complexity index is 796. The lowest BCUT2D eigenvalue weighted by molar-refractivity contribution is 0.0771. The Kier molecular flexibility index (Phi) is 4.55. The van der Waals surface area contributed by atoms with Crippen molar-refractivity contribution in [3.8, 4) is 0 Å². The van der Waals surface area contributed by atoms with Crippen molar-refractivity contribution in [2.45, 2.75) is 18.6 Å². The van der Waals surface area contributed by atoms with Crippen LogP contribution in [0, 0.1) is 6.92 Å². The summed E-state index contributed by atoms with van der Waals surface area (Å²) in [5, 5.41) is 1.42. The molecule has 1 saturated heterocycles. The monoisotopic (exact) mass is 349 g/mol. The number of amides is 1. The van der Waals surface area contributed by atoms with E-state index >= 15 is 0 Å². The van der Waals surface area contributed by atoms with Gasteiger partial charge in [0.15, 0.2) is 9.84 Å². The summed E-state index contributed by atoms with van der Waals surface area (Å²) < 4.78 is 25.2. The number of nitrogens with zero attached hydrogens (tertiary/aromatic N) is 1. The van der Waals surface area contributed by atoms with Gasteiger partial charge < -0.3 is 4.90 Å². The van der Waals surface area contributed by atoms with Crippen LogP contribution in [-0.2, 0) is 9.84 Å². The van der Waals surface area contributed by atoms with Crippen molar-refractivity contribution in [3.63, 3.8) is 0 Å². The fourth-order valence-corrected chi connectivity index (χ4v) is 5.55. The minimum absolute atomic E-state index is 0.0165. The number of hydrogen-bond acceptors (Lipinski definition) is 4. The number of sulfone groups is 1. The zero-order chi connectivity index (χ0) is 16.4. The summed E-state index contributed by atoms with van der Waals surface area (Å²) in [5.41, 5.74) is 1.87. The summed E-state index contributed by atoms with van der Waals surface area (Å²) in [6, 6.07) is 11.1. The van der Waals surface area contributed by atoms with E-state index in [1.54, 1.807) is 4.90 Å². The molecule has 1 aliphatic heterocycles. The first-order valence-electron chi connectivity index (χ1n) is 7.58. The fraction of sp³-hybridized carbons (Fsp3) is 0.353. The number of rotatable bonds is 2. The van der Waals surface area contributed by atoms with Crippen LogP contribution in [0.3, 0.4) is 0 Å². The molecular formula is C17H19NO3S2. The van der Waals surface area contributed by atoms with E-state index in [9.17, 15) is 13.2 Å². The first kappa shape index (κ1) is 16.2. The van der Waals surface area contributed by atoms with Gasteiger partial charge in [0.1, 0.15) is 0 Å². The number of carbonyl (C=O) groups excluding carboxylic acids is 1. The third kappa shape index (κ3) is 3.48. The van der Waals surface area contributed by atoms with Crippen LogP contribution >= 0.6 is 11.3 Å². The van der Waals surface area contributed by atoms with Gasteiger partial charge in [0.2, 0.25) is 0 Å². The van der Waals surface area contributed by atoms with E-state index in [-0.39, 0.29) is 18.2 Å². The van der Waals surface area contributed by atoms with Gasteiger partial charge in [0.05, 0.1) is 15.9 Å². The Morgan fingerprint density at radius 2 is 1.96 bits per heavy atom. The van der Waals surface area contributed by atoms with Crippen molar-refractivity contribution in [1.82, 2.24) is 4.90 Å². The van der Waals surface area contributed by atoms with Gasteiger partial charge in [-0.2, -0.15) is 0 Å². The lowest BCUT2D eigenvalue weighted by Gasteiger charge is -2.19. The Morgan fingerprint density at radius 3 is 2.61 bits per heavy atom. The highest BCUT2D eigenvalue weighted by Crippen LogP contribution is 2.30. The molecule has 1 unspecified atom stereocenters. The second kappa shape index (κ2) is 6.45. The van der Waals surface area contributed by atoms with Crippen LogP contribution < -0.4 is 0 Å². The van der Waals surface area contributed by atoms with Gasteiger partial charge in [-0.1, -0.05) is 30.3 Å². The van der Waals surface area contributed by atoms with Crippen LogP contribution in [0.15, 0.2) is 41.8 Å². The summed E-state index contributed by atoms with van der Waals surface area (Å²) >= 11 is 1.41. The minimum Gasteiger partial charge on any atom is -0.337 e. The largest absolute Gasteiger partial charge is 0.337 e. The molecule has 1 aliphatic rings. The number of hydrogen-bond donors (Lipinski definition) is 0. The zero-order valence-corrected chi connectivity index (χ0v) is 14.6. The van der Waals surface area contributed by atoms with E-state index in [0.29, 0.717) is 17.8 Å². The average molecular weight is 349 g/mol.